The van der Waals surface area contributed by atoms with E-state index < -0.39 is 41.7 Å². The molecule has 2 aliphatic rings. The molecule has 0 bridgehead atoms. The molecule has 3 aromatic rings. The third kappa shape index (κ3) is 3.90. The molecule has 1 aromatic heterocycles. The number of primary amides is 1. The van der Waals surface area contributed by atoms with Crippen molar-refractivity contribution in [3.63, 3.8) is 0 Å². The summed E-state index contributed by atoms with van der Waals surface area (Å²) in [5.41, 5.74) is 12.6. The first-order valence-corrected chi connectivity index (χ1v) is 11.0. The number of carbonyl (C=O) groups is 1. The third-order valence-corrected chi connectivity index (χ3v) is 6.46. The predicted molar refractivity (Wildman–Crippen MR) is 124 cm³/mol. The third-order valence-electron chi connectivity index (χ3n) is 6.46. The van der Waals surface area contributed by atoms with E-state index in [0.29, 0.717) is 29.6 Å². The van der Waals surface area contributed by atoms with E-state index in [1.807, 2.05) is 11.8 Å². The maximum atomic E-state index is 14.4. The van der Waals surface area contributed by atoms with Crippen molar-refractivity contribution >= 4 is 23.4 Å². The molecule has 5 rings (SSSR count). The highest BCUT2D eigenvalue weighted by Gasteiger charge is 2.37. The summed E-state index contributed by atoms with van der Waals surface area (Å²) in [6, 6.07) is 7.38. The summed E-state index contributed by atoms with van der Waals surface area (Å²) in [6.45, 7) is 1.80. The molecule has 0 spiro atoms. The number of aliphatic imine (C=N–C) groups is 1. The molecule has 1 unspecified atom stereocenters. The van der Waals surface area contributed by atoms with Gasteiger partial charge in [-0.1, -0.05) is 18.2 Å². The van der Waals surface area contributed by atoms with E-state index >= 15 is 0 Å². The predicted octanol–water partition coefficient (Wildman–Crippen LogP) is 3.40. The van der Waals surface area contributed by atoms with E-state index in [-0.39, 0.29) is 11.6 Å². The van der Waals surface area contributed by atoms with Crippen LogP contribution in [-0.4, -0.2) is 27.0 Å². The van der Waals surface area contributed by atoms with Gasteiger partial charge in [0.05, 0.1) is 35.1 Å². The number of nitrogen functional groups attached to an aromatic ring is 1. The van der Waals surface area contributed by atoms with Crippen LogP contribution in [0.25, 0.3) is 0 Å². The first-order chi connectivity index (χ1) is 17.1. The van der Waals surface area contributed by atoms with Gasteiger partial charge in [-0.3, -0.25) is 15.2 Å². The van der Waals surface area contributed by atoms with Crippen LogP contribution in [0.3, 0.4) is 0 Å². The Labute approximate surface area is 202 Å². The SMILES string of the molecule is C[C@H]1c2[nH]nc(N)c2CN1C1=NC(NCc2c(F)cccc2C(F)(F)F)c2cccc(C(N)=O)c2N1. The number of hydrogen-bond acceptors (Lipinski definition) is 7. The number of nitrogens with one attached hydrogen (secondary N) is 3. The van der Waals surface area contributed by atoms with E-state index in [1.54, 1.807) is 12.1 Å². The monoisotopic (exact) mass is 502 g/mol. The standard InChI is InChI=1S/C23H22F4N8O/c1-10-17-14(19(28)34-33-17)9-35(10)22-31-18-11(20(29)36)4-2-5-12(18)21(32-22)30-8-13-15(23(25,26)27)6-3-7-16(13)24/h2-7,10,21,30H,8-9H2,1H3,(H2,29,36)(H,31,32)(H3,28,33,34)/t10-,21?/m0/s1. The lowest BCUT2D eigenvalue weighted by Crippen LogP contribution is -2.40. The second kappa shape index (κ2) is 8.52. The van der Waals surface area contributed by atoms with Crippen LogP contribution < -0.4 is 22.1 Å². The number of hydrogen-bond donors (Lipinski definition) is 5. The van der Waals surface area contributed by atoms with Gasteiger partial charge in [0.25, 0.3) is 5.91 Å². The Bertz CT molecular complexity index is 1380. The maximum Gasteiger partial charge on any atom is 0.416 e. The van der Waals surface area contributed by atoms with Crippen LogP contribution in [0, 0.1) is 5.82 Å². The number of amides is 1. The van der Waals surface area contributed by atoms with Crippen molar-refractivity contribution in [1.82, 2.24) is 20.4 Å². The number of aromatic nitrogens is 2. The number of anilines is 2. The Kier molecular flexibility index (Phi) is 5.58. The van der Waals surface area contributed by atoms with Gasteiger partial charge < -0.3 is 21.7 Å². The molecule has 0 radical (unpaired) electrons. The lowest BCUT2D eigenvalue weighted by molar-refractivity contribution is -0.138. The number of halogens is 4. The largest absolute Gasteiger partial charge is 0.416 e. The van der Waals surface area contributed by atoms with E-state index in [0.717, 1.165) is 29.5 Å². The minimum Gasteiger partial charge on any atom is -0.382 e. The number of fused-ring (bicyclic) bond motifs is 2. The van der Waals surface area contributed by atoms with Gasteiger partial charge in [-0.05, 0) is 25.1 Å². The summed E-state index contributed by atoms with van der Waals surface area (Å²) in [7, 11) is 0. The van der Waals surface area contributed by atoms with Crippen molar-refractivity contribution in [2.75, 3.05) is 11.1 Å². The minimum absolute atomic E-state index is 0.181. The van der Waals surface area contributed by atoms with Crippen LogP contribution in [-0.2, 0) is 19.3 Å². The Morgan fingerprint density at radius 3 is 2.69 bits per heavy atom. The van der Waals surface area contributed by atoms with Crippen molar-refractivity contribution < 1.29 is 22.4 Å². The molecule has 36 heavy (non-hydrogen) atoms. The lowest BCUT2D eigenvalue weighted by atomic mass is 10.0. The molecule has 2 aromatic carbocycles. The second-order valence-electron chi connectivity index (χ2n) is 8.56. The molecule has 9 nitrogen and oxygen atoms in total. The first kappa shape index (κ1) is 23.6. The fourth-order valence-corrected chi connectivity index (χ4v) is 4.61. The van der Waals surface area contributed by atoms with Crippen molar-refractivity contribution in [2.24, 2.45) is 10.7 Å². The molecule has 2 aliphatic heterocycles. The number of guanidine groups is 1. The van der Waals surface area contributed by atoms with E-state index in [2.05, 4.69) is 25.8 Å². The first-order valence-electron chi connectivity index (χ1n) is 11.0. The Balaban J connectivity index is 1.52. The van der Waals surface area contributed by atoms with Gasteiger partial charge in [0.1, 0.15) is 12.0 Å². The van der Waals surface area contributed by atoms with Crippen molar-refractivity contribution in [3.05, 3.63) is 75.7 Å². The van der Waals surface area contributed by atoms with Gasteiger partial charge >= 0.3 is 6.18 Å². The summed E-state index contributed by atoms with van der Waals surface area (Å²) in [5.74, 6) is -0.991. The zero-order valence-corrected chi connectivity index (χ0v) is 18.9. The zero-order valence-electron chi connectivity index (χ0n) is 18.9. The number of para-hydroxylation sites is 1. The summed E-state index contributed by atoms with van der Waals surface area (Å²) in [4.78, 5) is 18.7. The smallest absolute Gasteiger partial charge is 0.382 e. The van der Waals surface area contributed by atoms with Gasteiger partial charge in [0, 0.05) is 23.2 Å². The van der Waals surface area contributed by atoms with Crippen LogP contribution in [0.15, 0.2) is 41.4 Å². The van der Waals surface area contributed by atoms with Gasteiger partial charge in [0.2, 0.25) is 5.96 Å². The zero-order chi connectivity index (χ0) is 25.8. The summed E-state index contributed by atoms with van der Waals surface area (Å²) >= 11 is 0. The lowest BCUT2D eigenvalue weighted by Gasteiger charge is -2.33. The maximum absolute atomic E-state index is 14.4. The van der Waals surface area contributed by atoms with Crippen LogP contribution >= 0.6 is 0 Å². The Hall–Kier alpha value is -4.13. The van der Waals surface area contributed by atoms with Gasteiger partial charge in [0.15, 0.2) is 5.82 Å². The molecular weight excluding hydrogens is 480 g/mol. The number of aromatic amines is 1. The normalized spacial score (nSPS) is 18.9. The second-order valence-corrected chi connectivity index (χ2v) is 8.56. The molecule has 7 N–H and O–H groups in total. The fourth-order valence-electron chi connectivity index (χ4n) is 4.61. The van der Waals surface area contributed by atoms with E-state index in [4.69, 9.17) is 11.5 Å². The molecule has 0 fully saturated rings. The van der Waals surface area contributed by atoms with Crippen molar-refractivity contribution in [1.29, 1.82) is 0 Å². The molecule has 0 aliphatic carbocycles. The number of alkyl halides is 3. The van der Waals surface area contributed by atoms with Crippen LogP contribution in [0.5, 0.6) is 0 Å². The average Bonchev–Trinajstić information content (AvgIpc) is 3.36. The van der Waals surface area contributed by atoms with Gasteiger partial charge in [-0.15, -0.1) is 0 Å². The highest BCUT2D eigenvalue weighted by atomic mass is 19.4. The number of nitrogens with two attached hydrogens (primary N) is 2. The van der Waals surface area contributed by atoms with E-state index in [9.17, 15) is 22.4 Å². The van der Waals surface area contributed by atoms with Crippen molar-refractivity contribution in [3.8, 4) is 0 Å². The van der Waals surface area contributed by atoms with Gasteiger partial charge in [-0.25, -0.2) is 9.38 Å². The number of carbonyl (C=O) groups excluding carboxylic acids is 1. The molecule has 0 saturated carbocycles. The number of nitrogens with zero attached hydrogens (tertiary/aromatic N) is 3. The molecule has 13 heteroatoms. The number of rotatable bonds is 4. The highest BCUT2D eigenvalue weighted by molar-refractivity contribution is 6.06. The molecule has 2 atom stereocenters. The van der Waals surface area contributed by atoms with Crippen LogP contribution in [0.4, 0.5) is 29.1 Å². The van der Waals surface area contributed by atoms with Crippen LogP contribution in [0.2, 0.25) is 0 Å². The molecule has 0 saturated heterocycles. The minimum atomic E-state index is -4.73. The molecule has 188 valence electrons. The van der Waals surface area contributed by atoms with Crippen LogP contribution in [0.1, 0.15) is 57.4 Å². The highest BCUT2D eigenvalue weighted by Crippen LogP contribution is 2.39. The van der Waals surface area contributed by atoms with E-state index in [1.165, 1.54) is 6.07 Å². The van der Waals surface area contributed by atoms with Gasteiger partial charge in [-0.2, -0.15) is 18.3 Å². The van der Waals surface area contributed by atoms with Crippen molar-refractivity contribution in [2.45, 2.75) is 38.4 Å². The molecule has 3 heterocycles. The summed E-state index contributed by atoms with van der Waals surface area (Å²) in [6.07, 6.45) is -5.64. The summed E-state index contributed by atoms with van der Waals surface area (Å²) in [5, 5.41) is 13.0. The fraction of sp³-hybridized carbons (Fsp3) is 0.261. The molecular formula is C23H22F4N8O. The Morgan fingerprint density at radius 2 is 2.00 bits per heavy atom. The number of benzene rings is 2. The summed E-state index contributed by atoms with van der Waals surface area (Å²) < 4.78 is 55.0. The number of H-pyrrole nitrogens is 1. The Morgan fingerprint density at radius 1 is 1.25 bits per heavy atom. The molecule has 1 amide bonds. The average molecular weight is 502 g/mol. The quantitative estimate of drug-likeness (QED) is 0.347. The topological polar surface area (TPSA) is 137 Å².